The van der Waals surface area contributed by atoms with Crippen molar-refractivity contribution in [3.8, 4) is 0 Å². The van der Waals surface area contributed by atoms with Crippen LogP contribution in [0.25, 0.3) is 10.9 Å². The Balaban J connectivity index is 1.89. The van der Waals surface area contributed by atoms with Gasteiger partial charge in [0.2, 0.25) is 0 Å². The number of fused-ring (bicyclic) bond motifs is 1. The second-order valence-electron chi connectivity index (χ2n) is 5.46. The Labute approximate surface area is 139 Å². The molecule has 1 atom stereocenters. The molecule has 0 aliphatic rings. The van der Waals surface area contributed by atoms with E-state index in [-0.39, 0.29) is 11.9 Å². The van der Waals surface area contributed by atoms with Crippen molar-refractivity contribution >= 4 is 28.4 Å². The lowest BCUT2D eigenvalue weighted by molar-refractivity contribution is 0.0930. The SMILES string of the molecule is Cn1c(C(=O)NC(CN)c2ccccc2)cc2cc(Cl)ccc21. The van der Waals surface area contributed by atoms with Gasteiger partial charge in [-0.15, -0.1) is 0 Å². The van der Waals surface area contributed by atoms with E-state index < -0.39 is 0 Å². The van der Waals surface area contributed by atoms with Gasteiger partial charge in [-0.05, 0) is 29.8 Å². The summed E-state index contributed by atoms with van der Waals surface area (Å²) >= 11 is 6.02. The third-order valence-electron chi connectivity index (χ3n) is 3.98. The predicted octanol–water partition coefficient (Wildman–Crippen LogP) is 3.26. The van der Waals surface area contributed by atoms with E-state index in [1.807, 2.05) is 66.2 Å². The molecule has 5 heteroatoms. The number of carbonyl (C=O) groups excluding carboxylic acids is 1. The van der Waals surface area contributed by atoms with Crippen LogP contribution >= 0.6 is 11.6 Å². The van der Waals surface area contributed by atoms with Crippen LogP contribution in [0.4, 0.5) is 0 Å². The number of benzene rings is 2. The summed E-state index contributed by atoms with van der Waals surface area (Å²) in [6, 6.07) is 16.9. The molecular weight excluding hydrogens is 310 g/mol. The summed E-state index contributed by atoms with van der Waals surface area (Å²) in [5.74, 6) is -0.154. The van der Waals surface area contributed by atoms with E-state index in [9.17, 15) is 4.79 Å². The largest absolute Gasteiger partial charge is 0.343 e. The van der Waals surface area contributed by atoms with Crippen LogP contribution in [0, 0.1) is 0 Å². The maximum atomic E-state index is 12.6. The zero-order valence-corrected chi connectivity index (χ0v) is 13.5. The number of aryl methyl sites for hydroxylation is 1. The number of halogens is 1. The van der Waals surface area contributed by atoms with Crippen molar-refractivity contribution in [1.29, 1.82) is 0 Å². The summed E-state index contributed by atoms with van der Waals surface area (Å²) in [6.45, 7) is 0.339. The third kappa shape index (κ3) is 3.09. The van der Waals surface area contributed by atoms with E-state index in [1.54, 1.807) is 0 Å². The first-order valence-corrected chi connectivity index (χ1v) is 7.79. The lowest BCUT2D eigenvalue weighted by atomic mass is 10.1. The van der Waals surface area contributed by atoms with Crippen molar-refractivity contribution in [2.75, 3.05) is 6.54 Å². The van der Waals surface area contributed by atoms with Crippen molar-refractivity contribution in [2.45, 2.75) is 6.04 Å². The average molecular weight is 328 g/mol. The number of carbonyl (C=O) groups is 1. The van der Waals surface area contributed by atoms with Crippen LogP contribution in [-0.2, 0) is 7.05 Å². The van der Waals surface area contributed by atoms with Crippen LogP contribution in [0.15, 0.2) is 54.6 Å². The molecule has 3 aromatic rings. The maximum Gasteiger partial charge on any atom is 0.268 e. The molecule has 4 nitrogen and oxygen atoms in total. The van der Waals surface area contributed by atoms with Gasteiger partial charge in [0.25, 0.3) is 5.91 Å². The van der Waals surface area contributed by atoms with Crippen LogP contribution in [0.2, 0.25) is 5.02 Å². The minimum atomic E-state index is -0.217. The highest BCUT2D eigenvalue weighted by atomic mass is 35.5. The van der Waals surface area contributed by atoms with Gasteiger partial charge >= 0.3 is 0 Å². The second-order valence-corrected chi connectivity index (χ2v) is 5.90. The quantitative estimate of drug-likeness (QED) is 0.772. The first-order chi connectivity index (χ1) is 11.1. The maximum absolute atomic E-state index is 12.6. The second kappa shape index (κ2) is 6.44. The minimum absolute atomic E-state index is 0.154. The highest BCUT2D eigenvalue weighted by molar-refractivity contribution is 6.31. The molecule has 0 saturated heterocycles. The van der Waals surface area contributed by atoms with Crippen LogP contribution in [-0.4, -0.2) is 17.0 Å². The van der Waals surface area contributed by atoms with Gasteiger partial charge in [-0.25, -0.2) is 0 Å². The topological polar surface area (TPSA) is 60.0 Å². The Morgan fingerprint density at radius 2 is 1.96 bits per heavy atom. The molecule has 1 amide bonds. The minimum Gasteiger partial charge on any atom is -0.343 e. The molecule has 0 aliphatic heterocycles. The zero-order chi connectivity index (χ0) is 16.4. The van der Waals surface area contributed by atoms with Gasteiger partial charge in [-0.1, -0.05) is 41.9 Å². The number of nitrogens with one attached hydrogen (secondary N) is 1. The number of amides is 1. The summed E-state index contributed by atoms with van der Waals surface area (Å²) in [5.41, 5.74) is 8.36. The molecule has 0 saturated carbocycles. The van der Waals surface area contributed by atoms with Gasteiger partial charge < -0.3 is 15.6 Å². The fourth-order valence-corrected chi connectivity index (χ4v) is 2.91. The standard InChI is InChI=1S/C18H18ClN3O/c1-22-16-8-7-14(19)9-13(16)10-17(22)18(23)21-15(11-20)12-5-3-2-4-6-12/h2-10,15H,11,20H2,1H3,(H,21,23). The van der Waals surface area contributed by atoms with Gasteiger partial charge in [-0.2, -0.15) is 0 Å². The van der Waals surface area contributed by atoms with E-state index >= 15 is 0 Å². The Hall–Kier alpha value is -2.30. The van der Waals surface area contributed by atoms with Crippen molar-refractivity contribution in [2.24, 2.45) is 12.8 Å². The zero-order valence-electron chi connectivity index (χ0n) is 12.8. The monoisotopic (exact) mass is 327 g/mol. The highest BCUT2D eigenvalue weighted by Crippen LogP contribution is 2.23. The Kier molecular flexibility index (Phi) is 4.37. The molecule has 1 aromatic heterocycles. The number of hydrogen-bond donors (Lipinski definition) is 2. The van der Waals surface area contributed by atoms with Crippen LogP contribution in [0.1, 0.15) is 22.1 Å². The van der Waals surface area contributed by atoms with Crippen molar-refractivity contribution in [3.63, 3.8) is 0 Å². The fraction of sp³-hybridized carbons (Fsp3) is 0.167. The summed E-state index contributed by atoms with van der Waals surface area (Å²) in [6.07, 6.45) is 0. The van der Waals surface area contributed by atoms with Crippen molar-refractivity contribution in [1.82, 2.24) is 9.88 Å². The molecule has 0 spiro atoms. The fourth-order valence-electron chi connectivity index (χ4n) is 2.73. The lowest BCUT2D eigenvalue weighted by Gasteiger charge is -2.17. The molecule has 118 valence electrons. The molecular formula is C18H18ClN3O. The molecule has 3 N–H and O–H groups in total. The number of rotatable bonds is 4. The van der Waals surface area contributed by atoms with Crippen LogP contribution in [0.3, 0.4) is 0 Å². The highest BCUT2D eigenvalue weighted by Gasteiger charge is 2.18. The molecule has 0 radical (unpaired) electrons. The van der Waals surface area contributed by atoms with E-state index in [0.717, 1.165) is 16.5 Å². The van der Waals surface area contributed by atoms with Gasteiger partial charge in [-0.3, -0.25) is 4.79 Å². The van der Waals surface area contributed by atoms with Crippen LogP contribution in [0.5, 0.6) is 0 Å². The van der Waals surface area contributed by atoms with Gasteiger partial charge in [0.05, 0.1) is 6.04 Å². The van der Waals surface area contributed by atoms with Crippen molar-refractivity contribution < 1.29 is 4.79 Å². The van der Waals surface area contributed by atoms with Gasteiger partial charge in [0.15, 0.2) is 0 Å². The van der Waals surface area contributed by atoms with Crippen molar-refractivity contribution in [3.05, 3.63) is 70.9 Å². The Bertz CT molecular complexity index is 842. The summed E-state index contributed by atoms with van der Waals surface area (Å²) in [7, 11) is 1.87. The third-order valence-corrected chi connectivity index (χ3v) is 4.22. The van der Waals surface area contributed by atoms with E-state index in [2.05, 4.69) is 5.32 Å². The smallest absolute Gasteiger partial charge is 0.268 e. The first-order valence-electron chi connectivity index (χ1n) is 7.41. The average Bonchev–Trinajstić information content (AvgIpc) is 2.89. The first kappa shape index (κ1) is 15.6. The molecule has 0 bridgehead atoms. The molecule has 23 heavy (non-hydrogen) atoms. The molecule has 0 aliphatic carbocycles. The van der Waals surface area contributed by atoms with E-state index in [1.165, 1.54) is 0 Å². The summed E-state index contributed by atoms with van der Waals surface area (Å²) in [5, 5.41) is 4.59. The number of hydrogen-bond acceptors (Lipinski definition) is 2. The normalized spacial score (nSPS) is 12.3. The predicted molar refractivity (Wildman–Crippen MR) is 93.6 cm³/mol. The summed E-state index contributed by atoms with van der Waals surface area (Å²) < 4.78 is 1.86. The van der Waals surface area contributed by atoms with E-state index in [0.29, 0.717) is 17.3 Å². The molecule has 3 rings (SSSR count). The van der Waals surface area contributed by atoms with E-state index in [4.69, 9.17) is 17.3 Å². The van der Waals surface area contributed by atoms with Crippen LogP contribution < -0.4 is 11.1 Å². The number of aromatic nitrogens is 1. The Morgan fingerprint density at radius 3 is 2.65 bits per heavy atom. The summed E-state index contributed by atoms with van der Waals surface area (Å²) in [4.78, 5) is 12.6. The molecule has 0 fully saturated rings. The number of nitrogens with two attached hydrogens (primary N) is 1. The van der Waals surface area contributed by atoms with Gasteiger partial charge in [0, 0.05) is 29.5 Å². The Morgan fingerprint density at radius 1 is 1.22 bits per heavy atom. The van der Waals surface area contributed by atoms with Gasteiger partial charge in [0.1, 0.15) is 5.69 Å². The molecule has 1 heterocycles. The number of nitrogens with zero attached hydrogens (tertiary/aromatic N) is 1. The lowest BCUT2D eigenvalue weighted by Crippen LogP contribution is -2.34. The molecule has 2 aromatic carbocycles. The molecule has 1 unspecified atom stereocenters.